The maximum Gasteiger partial charge on any atom is 0.125 e. The summed E-state index contributed by atoms with van der Waals surface area (Å²) in [5.41, 5.74) is 0.826. The van der Waals surface area contributed by atoms with Crippen molar-refractivity contribution in [2.24, 2.45) is 0 Å². The standard InChI is InChI=1S/C16H21ClO3/c1-11(18)14-9-12(17)3-4-15(14)20-13-5-8-19-16(10-13)6-2-7-16/h3-4,9,11,13,18H,2,5-8,10H2,1H3. The van der Waals surface area contributed by atoms with Gasteiger partial charge in [0.25, 0.3) is 0 Å². The lowest BCUT2D eigenvalue weighted by molar-refractivity contribution is -0.153. The van der Waals surface area contributed by atoms with Crippen LogP contribution >= 0.6 is 11.6 Å². The molecule has 1 N–H and O–H groups in total. The summed E-state index contributed by atoms with van der Waals surface area (Å²) in [6.07, 6.45) is 5.00. The second kappa shape index (κ2) is 5.55. The van der Waals surface area contributed by atoms with Gasteiger partial charge in [-0.15, -0.1) is 0 Å². The first-order valence-corrected chi connectivity index (χ1v) is 7.74. The van der Waals surface area contributed by atoms with Crippen LogP contribution in [0.3, 0.4) is 0 Å². The average Bonchev–Trinajstić information content (AvgIpc) is 2.39. The van der Waals surface area contributed by atoms with E-state index in [0.717, 1.165) is 43.6 Å². The number of aliphatic hydroxyl groups is 1. The van der Waals surface area contributed by atoms with E-state index in [4.69, 9.17) is 21.1 Å². The van der Waals surface area contributed by atoms with Crippen molar-refractivity contribution < 1.29 is 14.6 Å². The predicted octanol–water partition coefficient (Wildman–Crippen LogP) is 3.87. The van der Waals surface area contributed by atoms with Crippen LogP contribution in [0.4, 0.5) is 0 Å². The molecule has 1 aromatic carbocycles. The first-order valence-electron chi connectivity index (χ1n) is 7.36. The van der Waals surface area contributed by atoms with Gasteiger partial charge in [0, 0.05) is 23.4 Å². The summed E-state index contributed by atoms with van der Waals surface area (Å²) in [7, 11) is 0. The molecule has 1 spiro atoms. The highest BCUT2D eigenvalue weighted by molar-refractivity contribution is 6.30. The highest BCUT2D eigenvalue weighted by atomic mass is 35.5. The Morgan fingerprint density at radius 2 is 2.25 bits per heavy atom. The van der Waals surface area contributed by atoms with Crippen LogP contribution in [0.25, 0.3) is 0 Å². The molecule has 0 radical (unpaired) electrons. The molecular formula is C16H21ClO3. The molecule has 3 rings (SSSR count). The van der Waals surface area contributed by atoms with Crippen LogP contribution in [0.2, 0.25) is 5.02 Å². The lowest BCUT2D eigenvalue weighted by Gasteiger charge is -2.47. The maximum atomic E-state index is 9.86. The highest BCUT2D eigenvalue weighted by Crippen LogP contribution is 2.43. The van der Waals surface area contributed by atoms with Crippen LogP contribution in [-0.2, 0) is 4.74 Å². The van der Waals surface area contributed by atoms with Crippen LogP contribution in [0, 0.1) is 0 Å². The first kappa shape index (κ1) is 14.2. The molecule has 20 heavy (non-hydrogen) atoms. The average molecular weight is 297 g/mol. The van der Waals surface area contributed by atoms with Crippen LogP contribution in [0.5, 0.6) is 5.75 Å². The molecule has 2 fully saturated rings. The van der Waals surface area contributed by atoms with Gasteiger partial charge in [0.1, 0.15) is 11.9 Å². The van der Waals surface area contributed by atoms with Crippen molar-refractivity contribution in [1.82, 2.24) is 0 Å². The SMILES string of the molecule is CC(O)c1cc(Cl)ccc1OC1CCOC2(CCC2)C1. The molecule has 4 heteroatoms. The van der Waals surface area contributed by atoms with Gasteiger partial charge in [-0.2, -0.15) is 0 Å². The largest absolute Gasteiger partial charge is 0.490 e. The van der Waals surface area contributed by atoms with E-state index in [-0.39, 0.29) is 11.7 Å². The van der Waals surface area contributed by atoms with Crippen molar-refractivity contribution in [3.05, 3.63) is 28.8 Å². The Bertz CT molecular complexity index is 483. The summed E-state index contributed by atoms with van der Waals surface area (Å²) in [6, 6.07) is 5.44. The molecule has 2 unspecified atom stereocenters. The van der Waals surface area contributed by atoms with Crippen LogP contribution < -0.4 is 4.74 Å². The van der Waals surface area contributed by atoms with Crippen molar-refractivity contribution in [3.8, 4) is 5.75 Å². The van der Waals surface area contributed by atoms with Gasteiger partial charge in [-0.3, -0.25) is 0 Å². The van der Waals surface area contributed by atoms with Crippen LogP contribution in [-0.4, -0.2) is 23.4 Å². The molecule has 1 aromatic rings. The van der Waals surface area contributed by atoms with Gasteiger partial charge in [-0.1, -0.05) is 11.6 Å². The molecule has 110 valence electrons. The molecule has 0 aromatic heterocycles. The number of aliphatic hydroxyl groups excluding tert-OH is 1. The summed E-state index contributed by atoms with van der Waals surface area (Å²) in [5.74, 6) is 0.741. The van der Waals surface area contributed by atoms with E-state index in [1.807, 2.05) is 6.07 Å². The lowest BCUT2D eigenvalue weighted by atomic mass is 9.74. The third kappa shape index (κ3) is 2.80. The Balaban J connectivity index is 1.74. The van der Waals surface area contributed by atoms with Gasteiger partial charge in [-0.25, -0.2) is 0 Å². The molecule has 1 heterocycles. The molecule has 1 aliphatic heterocycles. The fraction of sp³-hybridized carbons (Fsp3) is 0.625. The second-order valence-electron chi connectivity index (χ2n) is 5.98. The zero-order valence-electron chi connectivity index (χ0n) is 11.8. The van der Waals surface area contributed by atoms with E-state index in [0.29, 0.717) is 5.02 Å². The van der Waals surface area contributed by atoms with Gasteiger partial charge in [0.05, 0.1) is 18.3 Å². The van der Waals surface area contributed by atoms with Gasteiger partial charge in [-0.05, 0) is 44.4 Å². The lowest BCUT2D eigenvalue weighted by Crippen LogP contribution is -2.48. The molecule has 0 bridgehead atoms. The number of benzene rings is 1. The normalized spacial score (nSPS) is 26.1. The zero-order chi connectivity index (χ0) is 14.2. The zero-order valence-corrected chi connectivity index (χ0v) is 12.5. The summed E-state index contributed by atoms with van der Waals surface area (Å²) in [5, 5.41) is 10.5. The third-order valence-electron chi connectivity index (χ3n) is 4.43. The van der Waals surface area contributed by atoms with Crippen molar-refractivity contribution in [3.63, 3.8) is 0 Å². The Labute approximate surface area is 124 Å². The summed E-state index contributed by atoms with van der Waals surface area (Å²) in [4.78, 5) is 0. The van der Waals surface area contributed by atoms with E-state index in [9.17, 15) is 5.11 Å². The number of halogens is 1. The number of rotatable bonds is 3. The van der Waals surface area contributed by atoms with Gasteiger partial charge in [0.2, 0.25) is 0 Å². The molecule has 1 aliphatic carbocycles. The van der Waals surface area contributed by atoms with Crippen LogP contribution in [0.15, 0.2) is 18.2 Å². The Morgan fingerprint density at radius 3 is 2.90 bits per heavy atom. The van der Waals surface area contributed by atoms with Crippen molar-refractivity contribution in [2.45, 2.75) is 56.8 Å². The molecule has 1 saturated carbocycles. The summed E-state index contributed by atoms with van der Waals surface area (Å²) >= 11 is 5.99. The highest BCUT2D eigenvalue weighted by Gasteiger charge is 2.43. The van der Waals surface area contributed by atoms with E-state index < -0.39 is 6.10 Å². The molecule has 1 saturated heterocycles. The minimum absolute atomic E-state index is 0.0698. The number of hydrogen-bond donors (Lipinski definition) is 1. The Kier molecular flexibility index (Phi) is 3.93. The minimum Gasteiger partial charge on any atom is -0.490 e. The fourth-order valence-electron chi connectivity index (χ4n) is 3.14. The van der Waals surface area contributed by atoms with Crippen molar-refractivity contribution in [1.29, 1.82) is 0 Å². The van der Waals surface area contributed by atoms with Gasteiger partial charge >= 0.3 is 0 Å². The summed E-state index contributed by atoms with van der Waals surface area (Å²) in [6.45, 7) is 2.50. The monoisotopic (exact) mass is 296 g/mol. The van der Waals surface area contributed by atoms with E-state index >= 15 is 0 Å². The molecular weight excluding hydrogens is 276 g/mol. The Morgan fingerprint density at radius 1 is 1.45 bits per heavy atom. The van der Waals surface area contributed by atoms with Crippen LogP contribution in [0.1, 0.15) is 50.7 Å². The van der Waals surface area contributed by atoms with E-state index in [1.54, 1.807) is 19.1 Å². The summed E-state index contributed by atoms with van der Waals surface area (Å²) < 4.78 is 12.1. The quantitative estimate of drug-likeness (QED) is 0.920. The molecule has 2 aliphatic rings. The third-order valence-corrected chi connectivity index (χ3v) is 4.66. The van der Waals surface area contributed by atoms with Crippen molar-refractivity contribution in [2.75, 3.05) is 6.61 Å². The van der Waals surface area contributed by atoms with E-state index in [2.05, 4.69) is 0 Å². The smallest absolute Gasteiger partial charge is 0.125 e. The minimum atomic E-state index is -0.582. The predicted molar refractivity (Wildman–Crippen MR) is 78.3 cm³/mol. The molecule has 2 atom stereocenters. The van der Waals surface area contributed by atoms with E-state index in [1.165, 1.54) is 6.42 Å². The Hall–Kier alpha value is -0.770. The fourth-order valence-corrected chi connectivity index (χ4v) is 3.32. The maximum absolute atomic E-state index is 9.86. The van der Waals surface area contributed by atoms with Gasteiger partial charge in [0.15, 0.2) is 0 Å². The first-order chi connectivity index (χ1) is 9.58. The number of hydrogen-bond acceptors (Lipinski definition) is 3. The van der Waals surface area contributed by atoms with Gasteiger partial charge < -0.3 is 14.6 Å². The number of ether oxygens (including phenoxy) is 2. The molecule has 3 nitrogen and oxygen atoms in total. The van der Waals surface area contributed by atoms with Crippen molar-refractivity contribution >= 4 is 11.6 Å². The topological polar surface area (TPSA) is 38.7 Å². The second-order valence-corrected chi connectivity index (χ2v) is 6.41. The molecule has 0 amide bonds.